The molecule has 0 amide bonds. The van der Waals surface area contributed by atoms with Gasteiger partial charge in [0.2, 0.25) is 0 Å². The van der Waals surface area contributed by atoms with Crippen molar-refractivity contribution in [3.8, 4) is 22.5 Å². The number of hydrogen-bond acceptors (Lipinski definition) is 4. The average Bonchev–Trinajstić information content (AvgIpc) is 3.44. The quantitative estimate of drug-likeness (QED) is 0.171. The predicted molar refractivity (Wildman–Crippen MR) is 154 cm³/mol. The van der Waals surface area contributed by atoms with Crippen LogP contribution in [0.2, 0.25) is 0 Å². The van der Waals surface area contributed by atoms with Gasteiger partial charge in [0.05, 0.1) is 5.58 Å². The van der Waals surface area contributed by atoms with Gasteiger partial charge in [-0.3, -0.25) is 4.98 Å². The van der Waals surface area contributed by atoms with Gasteiger partial charge in [-0.05, 0) is 49.6 Å². The summed E-state index contributed by atoms with van der Waals surface area (Å²) in [6.45, 7) is -7.23. The maximum absolute atomic E-state index is 7.86. The molecule has 0 N–H and O–H groups in total. The van der Waals surface area contributed by atoms with Crippen LogP contribution >= 0.6 is 0 Å². The van der Waals surface area contributed by atoms with Crippen LogP contribution in [0.1, 0.15) is 29.3 Å². The first-order chi connectivity index (χ1) is 22.2. The summed E-state index contributed by atoms with van der Waals surface area (Å²) in [6.07, 6.45) is 3.07. The van der Waals surface area contributed by atoms with Crippen molar-refractivity contribution in [2.24, 2.45) is 0 Å². The summed E-state index contributed by atoms with van der Waals surface area (Å²) < 4.78 is 74.8. The second-order valence-corrected chi connectivity index (χ2v) is 8.51. The summed E-state index contributed by atoms with van der Waals surface area (Å²) in [6, 6.07) is 30.9. The van der Waals surface area contributed by atoms with E-state index in [1.165, 1.54) is 12.3 Å². The van der Waals surface area contributed by atoms with Crippen molar-refractivity contribution in [3.63, 3.8) is 0 Å². The van der Waals surface area contributed by atoms with Crippen LogP contribution in [-0.2, 0) is 20.1 Å². The van der Waals surface area contributed by atoms with Gasteiger partial charge in [0.15, 0.2) is 0 Å². The van der Waals surface area contributed by atoms with Gasteiger partial charge in [-0.25, -0.2) is 0 Å². The molecule has 7 rings (SSSR count). The van der Waals surface area contributed by atoms with E-state index >= 15 is 0 Å². The van der Waals surface area contributed by atoms with Gasteiger partial charge in [0, 0.05) is 72.4 Å². The van der Waals surface area contributed by atoms with Crippen LogP contribution in [-0.4, -0.2) is 15.0 Å². The van der Waals surface area contributed by atoms with E-state index in [9.17, 15) is 0 Å². The Morgan fingerprint density at radius 1 is 0.718 bits per heavy atom. The Morgan fingerprint density at radius 2 is 1.62 bits per heavy atom. The molecule has 0 aliphatic rings. The number of fused-ring (bicyclic) bond motifs is 5. The van der Waals surface area contributed by atoms with Crippen molar-refractivity contribution in [3.05, 3.63) is 126 Å². The van der Waals surface area contributed by atoms with E-state index in [1.807, 2.05) is 42.5 Å². The molecule has 3 aromatic carbocycles. The van der Waals surface area contributed by atoms with Crippen molar-refractivity contribution < 1.29 is 36.9 Å². The van der Waals surface area contributed by atoms with Crippen molar-refractivity contribution in [1.29, 1.82) is 0 Å². The van der Waals surface area contributed by atoms with E-state index in [2.05, 4.69) is 27.1 Å². The predicted octanol–water partition coefficient (Wildman–Crippen LogP) is 8.47. The fourth-order valence-corrected chi connectivity index (χ4v) is 4.33. The summed E-state index contributed by atoms with van der Waals surface area (Å²) in [7, 11) is 0. The molecule has 0 saturated heterocycles. The van der Waals surface area contributed by atoms with Crippen LogP contribution in [0.5, 0.6) is 0 Å². The molecule has 0 bridgehead atoms. The van der Waals surface area contributed by atoms with E-state index in [4.69, 9.17) is 16.8 Å². The van der Waals surface area contributed by atoms with Crippen LogP contribution < -0.4 is 0 Å². The second kappa shape index (κ2) is 11.3. The molecule has 4 aromatic heterocycles. The number of rotatable bonds is 2. The van der Waals surface area contributed by atoms with Crippen molar-refractivity contribution in [2.45, 2.75) is 20.6 Å². The smallest absolute Gasteiger partial charge is 0.128 e. The second-order valence-electron chi connectivity index (χ2n) is 8.51. The Balaban J connectivity index is 0.000000224. The summed E-state index contributed by atoms with van der Waals surface area (Å²) >= 11 is 0. The first kappa shape index (κ1) is 17.4. The van der Waals surface area contributed by atoms with Crippen LogP contribution in [0.4, 0.5) is 0 Å². The summed E-state index contributed by atoms with van der Waals surface area (Å²) in [5.41, 5.74) is 3.62. The zero-order valence-electron chi connectivity index (χ0n) is 29.3. The average molecular weight is 693 g/mol. The van der Waals surface area contributed by atoms with Crippen molar-refractivity contribution >= 4 is 32.7 Å². The van der Waals surface area contributed by atoms with Crippen LogP contribution in [0.3, 0.4) is 0 Å². The van der Waals surface area contributed by atoms with Crippen LogP contribution in [0.15, 0.2) is 102 Å². The van der Waals surface area contributed by atoms with Crippen LogP contribution in [0, 0.1) is 32.7 Å². The largest absolute Gasteiger partial charge is 0.500 e. The molecule has 4 nitrogen and oxygen atoms in total. The Morgan fingerprint density at radius 3 is 2.36 bits per heavy atom. The third-order valence-corrected chi connectivity index (χ3v) is 6.08. The number of aryl methyl sites for hydroxylation is 3. The Kier molecular flexibility index (Phi) is 5.04. The number of aromatic nitrogens is 3. The van der Waals surface area contributed by atoms with Gasteiger partial charge in [-0.1, -0.05) is 47.3 Å². The minimum atomic E-state index is -2.58. The zero-order chi connectivity index (χ0) is 33.6. The third-order valence-electron chi connectivity index (χ3n) is 6.08. The summed E-state index contributed by atoms with van der Waals surface area (Å²) in [4.78, 5) is 12.5. The normalized spacial score (nSPS) is 15.1. The molecule has 0 spiro atoms. The standard InChI is InChI=1S/C22H15N2O.C12H10N.Ir/c1-13-12-19-15(14(2)24-13)9-10-17-16-6-5-7-18(21(16)25-22(17)19)20-8-3-4-11-23-20;1-10-7-8-12(13-9-10)11-5-3-2-4-6-11;/h3-6,8-12H,1-2H3;2-5,7-9H,1H3;/q2*-1;/i1D3,2D3;1D3;. The van der Waals surface area contributed by atoms with Gasteiger partial charge in [0.25, 0.3) is 0 Å². The fourth-order valence-electron chi connectivity index (χ4n) is 4.33. The number of furan rings is 1. The maximum Gasteiger partial charge on any atom is 0.128 e. The van der Waals surface area contributed by atoms with Gasteiger partial charge >= 0.3 is 0 Å². The van der Waals surface area contributed by atoms with E-state index in [-0.39, 0.29) is 37.1 Å². The van der Waals surface area contributed by atoms with E-state index in [0.717, 1.165) is 22.0 Å². The van der Waals surface area contributed by atoms with Crippen molar-refractivity contribution in [1.82, 2.24) is 15.0 Å². The van der Waals surface area contributed by atoms with Gasteiger partial charge < -0.3 is 14.4 Å². The first-order valence-electron chi connectivity index (χ1n) is 16.3. The maximum atomic E-state index is 7.86. The molecule has 5 heteroatoms. The number of hydrogen-bond donors (Lipinski definition) is 0. The molecule has 39 heavy (non-hydrogen) atoms. The molecule has 7 aromatic rings. The molecule has 1 radical (unpaired) electrons. The fraction of sp³-hybridized carbons (Fsp3) is 0.0882. The van der Waals surface area contributed by atoms with Gasteiger partial charge in [-0.15, -0.1) is 54.1 Å². The zero-order valence-corrected chi connectivity index (χ0v) is 22.7. The molecule has 0 saturated carbocycles. The van der Waals surface area contributed by atoms with Gasteiger partial charge in [0.1, 0.15) is 5.58 Å². The number of pyridine rings is 3. The summed E-state index contributed by atoms with van der Waals surface area (Å²) in [5.74, 6) is 0. The Bertz CT molecular complexity index is 2200. The Labute approximate surface area is 253 Å². The molecular formula is C34H25IrN3O-2. The molecule has 0 unspecified atom stereocenters. The van der Waals surface area contributed by atoms with E-state index in [1.54, 1.807) is 42.6 Å². The summed E-state index contributed by atoms with van der Waals surface area (Å²) in [5, 5.41) is 2.28. The number of nitrogens with zero attached hydrogens (tertiary/aromatic N) is 3. The SMILES string of the molecule is [2H]C([2H])([2H])c1cc2c(ccc3c4cc[c-]c(-c5ccccn5)c4oc23)c(C([2H])([2H])[2H])n1.[2H]C([2H])([2H])c1ccc(-c2[c-]cccc2)nc1.[Ir]. The molecule has 0 aliphatic carbocycles. The molecule has 193 valence electrons. The van der Waals surface area contributed by atoms with Crippen molar-refractivity contribution in [2.75, 3.05) is 0 Å². The molecular weight excluding hydrogens is 659 g/mol. The van der Waals surface area contributed by atoms with E-state index < -0.39 is 20.6 Å². The van der Waals surface area contributed by atoms with E-state index in [0.29, 0.717) is 33.2 Å². The Hall–Kier alpha value is -4.18. The molecule has 0 aliphatic heterocycles. The first-order valence-corrected chi connectivity index (χ1v) is 11.8. The topological polar surface area (TPSA) is 51.8 Å². The van der Waals surface area contributed by atoms with Crippen LogP contribution in [0.25, 0.3) is 55.2 Å². The number of benzene rings is 3. The van der Waals surface area contributed by atoms with Gasteiger partial charge in [-0.2, -0.15) is 0 Å². The third kappa shape index (κ3) is 5.24. The monoisotopic (exact) mass is 693 g/mol. The molecule has 4 heterocycles. The molecule has 0 fully saturated rings. The minimum Gasteiger partial charge on any atom is -0.500 e. The molecule has 0 atom stereocenters. The minimum absolute atomic E-state index is 0.